The fourth-order valence-electron chi connectivity index (χ4n) is 2.73. The lowest BCUT2D eigenvalue weighted by Gasteiger charge is -2.12. The van der Waals surface area contributed by atoms with E-state index in [-0.39, 0.29) is 23.6 Å². The Morgan fingerprint density at radius 2 is 2.07 bits per heavy atom. The Labute approximate surface area is 183 Å². The summed E-state index contributed by atoms with van der Waals surface area (Å²) in [4.78, 5) is 29.1. The quantitative estimate of drug-likeness (QED) is 0.516. The first-order valence-corrected chi connectivity index (χ1v) is 11.3. The van der Waals surface area contributed by atoms with Crippen LogP contribution in [0.4, 0.5) is 5.13 Å². The molecule has 3 rings (SSSR count). The van der Waals surface area contributed by atoms with Gasteiger partial charge in [-0.25, -0.2) is 4.98 Å². The van der Waals surface area contributed by atoms with E-state index in [9.17, 15) is 9.59 Å². The second-order valence-electron chi connectivity index (χ2n) is 6.74. The van der Waals surface area contributed by atoms with E-state index in [1.54, 1.807) is 6.07 Å². The van der Waals surface area contributed by atoms with Crippen molar-refractivity contribution in [3.63, 3.8) is 0 Å². The van der Waals surface area contributed by atoms with E-state index in [1.807, 2.05) is 55.8 Å². The summed E-state index contributed by atoms with van der Waals surface area (Å²) in [6, 6.07) is 7.41. The Kier molecular flexibility index (Phi) is 7.22. The zero-order valence-corrected chi connectivity index (χ0v) is 18.9. The molecule has 2 N–H and O–H groups in total. The van der Waals surface area contributed by atoms with E-state index in [4.69, 9.17) is 0 Å². The minimum atomic E-state index is -0.376. The van der Waals surface area contributed by atoms with Gasteiger partial charge >= 0.3 is 0 Å². The summed E-state index contributed by atoms with van der Waals surface area (Å²) in [5.41, 5.74) is 2.51. The highest BCUT2D eigenvalue weighted by Crippen LogP contribution is 2.24. The molecule has 0 radical (unpaired) electrons. The van der Waals surface area contributed by atoms with Crippen molar-refractivity contribution in [2.75, 3.05) is 5.32 Å². The highest BCUT2D eigenvalue weighted by atomic mass is 32.2. The maximum absolute atomic E-state index is 12.5. The molecule has 1 unspecified atom stereocenters. The number of thioether (sulfide) groups is 1. The number of rotatable bonds is 8. The van der Waals surface area contributed by atoms with Crippen molar-refractivity contribution in [2.45, 2.75) is 51.2 Å². The number of carbonyl (C=O) groups is 2. The maximum atomic E-state index is 12.5. The number of benzene rings is 1. The number of aromatic nitrogens is 4. The van der Waals surface area contributed by atoms with Gasteiger partial charge in [0.05, 0.1) is 17.5 Å². The summed E-state index contributed by atoms with van der Waals surface area (Å²) in [6.45, 7) is 8.50. The number of hydrogen-bond acceptors (Lipinski definition) is 7. The van der Waals surface area contributed by atoms with Gasteiger partial charge in [-0.1, -0.05) is 29.5 Å². The summed E-state index contributed by atoms with van der Waals surface area (Å²) in [5, 5.41) is 16.9. The van der Waals surface area contributed by atoms with E-state index in [0.29, 0.717) is 28.2 Å². The summed E-state index contributed by atoms with van der Waals surface area (Å²) in [6.07, 6.45) is 0. The van der Waals surface area contributed by atoms with E-state index in [1.165, 1.54) is 23.1 Å². The topological polar surface area (TPSA) is 102 Å². The first-order valence-electron chi connectivity index (χ1n) is 9.54. The average Bonchev–Trinajstić information content (AvgIpc) is 3.31. The Bertz CT molecular complexity index is 1050. The van der Waals surface area contributed by atoms with Gasteiger partial charge in [-0.05, 0) is 39.8 Å². The minimum absolute atomic E-state index is 0.144. The van der Waals surface area contributed by atoms with Crippen molar-refractivity contribution < 1.29 is 9.59 Å². The molecule has 2 aromatic heterocycles. The van der Waals surface area contributed by atoms with Gasteiger partial charge in [0.2, 0.25) is 5.91 Å². The highest BCUT2D eigenvalue weighted by Gasteiger charge is 2.21. The maximum Gasteiger partial charge on any atom is 0.251 e. The van der Waals surface area contributed by atoms with Gasteiger partial charge in [0, 0.05) is 17.5 Å². The van der Waals surface area contributed by atoms with Crippen LogP contribution in [0.2, 0.25) is 0 Å². The lowest BCUT2D eigenvalue weighted by molar-refractivity contribution is -0.115. The van der Waals surface area contributed by atoms with Crippen LogP contribution in [-0.4, -0.2) is 36.8 Å². The minimum Gasteiger partial charge on any atom is -0.345 e. The molecule has 0 fully saturated rings. The summed E-state index contributed by atoms with van der Waals surface area (Å²) >= 11 is 2.72. The fraction of sp³-hybridized carbons (Fsp3) is 0.350. The third kappa shape index (κ3) is 5.45. The molecular weight excluding hydrogens is 420 g/mol. The summed E-state index contributed by atoms with van der Waals surface area (Å²) < 4.78 is 1.90. The molecule has 10 heteroatoms. The standard InChI is InChI=1S/C20H24N6O2S2/c1-5-26-16(10-21-18(28)15-8-6-7-12(2)9-15)24-25-20(26)30-14(4)17(27)23-19-22-13(3)11-29-19/h6-9,11,14H,5,10H2,1-4H3,(H,21,28)(H,22,23,27). The van der Waals surface area contributed by atoms with Crippen LogP contribution in [0, 0.1) is 13.8 Å². The van der Waals surface area contributed by atoms with E-state index >= 15 is 0 Å². The molecule has 0 saturated heterocycles. The van der Waals surface area contributed by atoms with Crippen LogP contribution in [0.5, 0.6) is 0 Å². The monoisotopic (exact) mass is 444 g/mol. The number of anilines is 1. The SMILES string of the molecule is CCn1c(CNC(=O)c2cccc(C)c2)nnc1SC(C)C(=O)Nc1nc(C)cs1. The zero-order chi connectivity index (χ0) is 21.7. The van der Waals surface area contributed by atoms with E-state index in [0.717, 1.165) is 11.3 Å². The molecule has 8 nitrogen and oxygen atoms in total. The third-order valence-electron chi connectivity index (χ3n) is 4.30. The van der Waals surface area contributed by atoms with Crippen molar-refractivity contribution in [3.05, 3.63) is 52.3 Å². The molecule has 0 aliphatic rings. The van der Waals surface area contributed by atoms with Gasteiger partial charge in [-0.2, -0.15) is 0 Å². The second-order valence-corrected chi connectivity index (χ2v) is 8.90. The number of aryl methyl sites for hydroxylation is 2. The number of thiazole rings is 1. The van der Waals surface area contributed by atoms with Crippen molar-refractivity contribution >= 4 is 40.0 Å². The predicted molar refractivity (Wildman–Crippen MR) is 119 cm³/mol. The largest absolute Gasteiger partial charge is 0.345 e. The number of carbonyl (C=O) groups excluding carboxylic acids is 2. The number of nitrogens with zero attached hydrogens (tertiary/aromatic N) is 4. The molecule has 1 aromatic carbocycles. The zero-order valence-electron chi connectivity index (χ0n) is 17.3. The molecule has 0 aliphatic carbocycles. The number of hydrogen-bond donors (Lipinski definition) is 2. The molecule has 0 aliphatic heterocycles. The smallest absolute Gasteiger partial charge is 0.251 e. The first-order chi connectivity index (χ1) is 14.4. The second kappa shape index (κ2) is 9.86. The van der Waals surface area contributed by atoms with Crippen LogP contribution in [0.3, 0.4) is 0 Å². The Hall–Kier alpha value is -2.72. The molecule has 158 valence electrons. The summed E-state index contributed by atoms with van der Waals surface area (Å²) in [5.74, 6) is 0.337. The Balaban J connectivity index is 1.61. The molecule has 3 aromatic rings. The molecule has 0 saturated carbocycles. The van der Waals surface area contributed by atoms with Gasteiger partial charge in [-0.15, -0.1) is 21.5 Å². The van der Waals surface area contributed by atoms with Crippen molar-refractivity contribution in [3.8, 4) is 0 Å². The molecule has 0 spiro atoms. The Morgan fingerprint density at radius 3 is 2.73 bits per heavy atom. The van der Waals surface area contributed by atoms with Gasteiger partial charge in [-0.3, -0.25) is 9.59 Å². The van der Waals surface area contributed by atoms with Crippen molar-refractivity contribution in [1.29, 1.82) is 0 Å². The average molecular weight is 445 g/mol. The van der Waals surface area contributed by atoms with E-state index < -0.39 is 0 Å². The highest BCUT2D eigenvalue weighted by molar-refractivity contribution is 8.00. The molecule has 1 atom stereocenters. The van der Waals surface area contributed by atoms with Gasteiger partial charge in [0.15, 0.2) is 16.1 Å². The van der Waals surface area contributed by atoms with Gasteiger partial charge < -0.3 is 15.2 Å². The van der Waals surface area contributed by atoms with Crippen LogP contribution >= 0.6 is 23.1 Å². The molecule has 2 amide bonds. The van der Waals surface area contributed by atoms with Crippen molar-refractivity contribution in [2.24, 2.45) is 0 Å². The van der Waals surface area contributed by atoms with Crippen LogP contribution < -0.4 is 10.6 Å². The fourth-order valence-corrected chi connectivity index (χ4v) is 4.36. The number of nitrogens with one attached hydrogen (secondary N) is 2. The number of amides is 2. The van der Waals surface area contributed by atoms with Gasteiger partial charge in [0.1, 0.15) is 0 Å². The lowest BCUT2D eigenvalue weighted by Crippen LogP contribution is -2.25. The van der Waals surface area contributed by atoms with Crippen LogP contribution in [0.15, 0.2) is 34.8 Å². The Morgan fingerprint density at radius 1 is 1.27 bits per heavy atom. The first kappa shape index (κ1) is 22.0. The van der Waals surface area contributed by atoms with Gasteiger partial charge in [0.25, 0.3) is 5.91 Å². The predicted octanol–water partition coefficient (Wildman–Crippen LogP) is 3.42. The normalized spacial score (nSPS) is 11.9. The lowest BCUT2D eigenvalue weighted by atomic mass is 10.1. The molecule has 2 heterocycles. The molecular formula is C20H24N6O2S2. The van der Waals surface area contributed by atoms with Crippen LogP contribution in [-0.2, 0) is 17.9 Å². The van der Waals surface area contributed by atoms with Crippen LogP contribution in [0.25, 0.3) is 0 Å². The third-order valence-corrected chi connectivity index (χ3v) is 6.25. The summed E-state index contributed by atoms with van der Waals surface area (Å²) in [7, 11) is 0. The van der Waals surface area contributed by atoms with Crippen LogP contribution in [0.1, 0.15) is 41.3 Å². The molecule has 30 heavy (non-hydrogen) atoms. The van der Waals surface area contributed by atoms with E-state index in [2.05, 4.69) is 25.8 Å². The van der Waals surface area contributed by atoms with Crippen molar-refractivity contribution in [1.82, 2.24) is 25.1 Å². The molecule has 0 bridgehead atoms.